The minimum absolute atomic E-state index is 0.0641. The smallest absolute Gasteiger partial charge is 0.327 e. The molecule has 0 aromatic rings. The van der Waals surface area contributed by atoms with Gasteiger partial charge >= 0.3 is 5.97 Å². The third-order valence-electron chi connectivity index (χ3n) is 6.50. The van der Waals surface area contributed by atoms with Gasteiger partial charge in [0.1, 0.15) is 24.2 Å². The number of rotatable bonds is 3. The predicted molar refractivity (Wildman–Crippen MR) is 133 cm³/mol. The van der Waals surface area contributed by atoms with Crippen LogP contribution in [0.25, 0.3) is 0 Å². The van der Waals surface area contributed by atoms with Crippen molar-refractivity contribution in [1.82, 2.24) is 20.4 Å². The zero-order valence-corrected chi connectivity index (χ0v) is 21.7. The van der Waals surface area contributed by atoms with Crippen molar-refractivity contribution in [2.75, 3.05) is 24.6 Å². The number of hydrogen-bond donors (Lipinski definition) is 4. The zero-order chi connectivity index (χ0) is 25.7. The summed E-state index contributed by atoms with van der Waals surface area (Å²) in [5.74, 6) is -2.41. The number of carboxylic acids is 1. The molecule has 35 heavy (non-hydrogen) atoms. The molecule has 0 aliphatic carbocycles. The molecule has 0 aromatic heterocycles. The van der Waals surface area contributed by atoms with Crippen LogP contribution in [0.3, 0.4) is 0 Å². The van der Waals surface area contributed by atoms with Crippen molar-refractivity contribution in [3.05, 3.63) is 0 Å². The fourth-order valence-corrected chi connectivity index (χ4v) is 6.99. The molecule has 3 saturated heterocycles. The maximum atomic E-state index is 13.5. The summed E-state index contributed by atoms with van der Waals surface area (Å²) in [5.41, 5.74) is 6.12. The molecule has 3 fully saturated rings. The molecule has 4 amide bonds. The Bertz CT molecular complexity index is 843. The van der Waals surface area contributed by atoms with Crippen molar-refractivity contribution in [3.8, 4) is 0 Å². The van der Waals surface area contributed by atoms with Crippen LogP contribution in [0.2, 0.25) is 0 Å². The maximum Gasteiger partial charge on any atom is 0.327 e. The van der Waals surface area contributed by atoms with E-state index in [1.54, 1.807) is 0 Å². The number of carbonyl (C=O) groups is 5. The van der Waals surface area contributed by atoms with E-state index < -0.39 is 48.0 Å². The summed E-state index contributed by atoms with van der Waals surface area (Å²) in [7, 11) is 2.45. The summed E-state index contributed by atoms with van der Waals surface area (Å²) in [6, 6.07) is -4.33. The average molecular weight is 530 g/mol. The monoisotopic (exact) mass is 529 g/mol. The van der Waals surface area contributed by atoms with E-state index in [9.17, 15) is 29.1 Å². The van der Waals surface area contributed by atoms with Gasteiger partial charge in [0.05, 0.1) is 6.04 Å². The highest BCUT2D eigenvalue weighted by Crippen LogP contribution is 2.28. The second-order valence-corrected chi connectivity index (χ2v) is 12.2. The molecule has 0 saturated carbocycles. The number of carbonyl (C=O) groups excluding carboxylic acids is 4. The van der Waals surface area contributed by atoms with Crippen LogP contribution in [0, 0.1) is 5.92 Å². The molecule has 0 radical (unpaired) electrons. The number of nitrogens with one attached hydrogen (secondary N) is 2. The third kappa shape index (κ3) is 6.82. The van der Waals surface area contributed by atoms with E-state index in [2.05, 4.69) is 10.6 Å². The van der Waals surface area contributed by atoms with Crippen molar-refractivity contribution in [2.45, 2.75) is 76.2 Å². The number of nitrogens with zero attached hydrogens (tertiary/aromatic N) is 2. The van der Waals surface area contributed by atoms with E-state index in [4.69, 9.17) is 5.73 Å². The van der Waals surface area contributed by atoms with Gasteiger partial charge in [-0.25, -0.2) is 4.79 Å². The Hall–Kier alpha value is -1.99. The van der Waals surface area contributed by atoms with Gasteiger partial charge in [0.2, 0.25) is 23.6 Å². The summed E-state index contributed by atoms with van der Waals surface area (Å²) in [6.07, 6.45) is 2.62. The Morgan fingerprint density at radius 2 is 1.57 bits per heavy atom. The molecule has 0 bridgehead atoms. The van der Waals surface area contributed by atoms with Gasteiger partial charge in [-0.1, -0.05) is 35.4 Å². The van der Waals surface area contributed by atoms with Gasteiger partial charge in [-0.15, -0.1) is 0 Å². The van der Waals surface area contributed by atoms with E-state index in [0.717, 1.165) is 0 Å². The summed E-state index contributed by atoms with van der Waals surface area (Å²) < 4.78 is 0. The van der Waals surface area contributed by atoms with Crippen molar-refractivity contribution >= 4 is 51.2 Å². The molecule has 5 atom stereocenters. The van der Waals surface area contributed by atoms with E-state index in [-0.39, 0.29) is 29.2 Å². The Morgan fingerprint density at radius 1 is 0.971 bits per heavy atom. The van der Waals surface area contributed by atoms with Gasteiger partial charge < -0.3 is 31.3 Å². The van der Waals surface area contributed by atoms with E-state index in [0.29, 0.717) is 45.2 Å². The minimum Gasteiger partial charge on any atom is -0.480 e. The largest absolute Gasteiger partial charge is 0.480 e. The zero-order valence-electron chi connectivity index (χ0n) is 20.1. The highest BCUT2D eigenvalue weighted by molar-refractivity contribution is 8.76. The summed E-state index contributed by atoms with van der Waals surface area (Å²) in [6.45, 7) is 4.64. The number of fused-ring (bicyclic) bond motifs is 2. The Kier molecular flexibility index (Phi) is 9.70. The van der Waals surface area contributed by atoms with Crippen LogP contribution in [0.1, 0.15) is 46.0 Å². The molecule has 0 spiro atoms. The molecular weight excluding hydrogens is 494 g/mol. The van der Waals surface area contributed by atoms with Crippen LogP contribution in [-0.2, 0) is 24.0 Å². The molecule has 3 heterocycles. The summed E-state index contributed by atoms with van der Waals surface area (Å²) in [4.78, 5) is 67.5. The van der Waals surface area contributed by atoms with Crippen LogP contribution in [0.5, 0.6) is 0 Å². The number of aliphatic carboxylic acids is 1. The normalized spacial score (nSPS) is 31.6. The van der Waals surface area contributed by atoms with Gasteiger partial charge in [0, 0.05) is 24.6 Å². The first-order valence-electron chi connectivity index (χ1n) is 12.0. The van der Waals surface area contributed by atoms with Crippen LogP contribution >= 0.6 is 21.6 Å². The molecular formula is C22H35N5O6S2. The quantitative estimate of drug-likeness (QED) is 0.362. The second kappa shape index (κ2) is 12.3. The number of nitrogens with two attached hydrogens (primary N) is 1. The predicted octanol–water partition coefficient (Wildman–Crippen LogP) is -0.209. The van der Waals surface area contributed by atoms with Gasteiger partial charge in [-0.05, 0) is 38.0 Å². The first kappa shape index (κ1) is 27.6. The van der Waals surface area contributed by atoms with E-state index in [1.807, 2.05) is 13.8 Å². The van der Waals surface area contributed by atoms with Crippen LogP contribution in [0.4, 0.5) is 0 Å². The third-order valence-corrected chi connectivity index (χ3v) is 8.94. The van der Waals surface area contributed by atoms with E-state index >= 15 is 0 Å². The SMILES string of the molecule is CC(C)C[C@@H]1NC(=O)[C@@H]2CCCN2C(=O)[C@@H]2CCCN2C(=O)[C@@H](N)CSSC[C@@H](C(=O)O)NC1=O. The lowest BCUT2D eigenvalue weighted by atomic mass is 10.0. The summed E-state index contributed by atoms with van der Waals surface area (Å²) >= 11 is 0. The van der Waals surface area contributed by atoms with Crippen LogP contribution in [0.15, 0.2) is 0 Å². The number of amides is 4. The number of hydrogen-bond acceptors (Lipinski definition) is 8. The Morgan fingerprint density at radius 3 is 2.20 bits per heavy atom. The van der Waals surface area contributed by atoms with Gasteiger partial charge in [0.25, 0.3) is 0 Å². The topological polar surface area (TPSA) is 162 Å². The molecule has 3 aliphatic rings. The lowest BCUT2D eigenvalue weighted by Crippen LogP contribution is -2.58. The van der Waals surface area contributed by atoms with Crippen molar-refractivity contribution in [3.63, 3.8) is 0 Å². The maximum absolute atomic E-state index is 13.5. The second-order valence-electron chi connectivity index (χ2n) is 9.64. The molecule has 11 nitrogen and oxygen atoms in total. The van der Waals surface area contributed by atoms with Gasteiger partial charge in [0.15, 0.2) is 0 Å². The van der Waals surface area contributed by atoms with Gasteiger partial charge in [-0.3, -0.25) is 19.2 Å². The molecule has 3 rings (SSSR count). The lowest BCUT2D eigenvalue weighted by Gasteiger charge is -2.32. The van der Waals surface area contributed by atoms with Crippen molar-refractivity contribution in [1.29, 1.82) is 0 Å². The molecule has 0 unspecified atom stereocenters. The van der Waals surface area contributed by atoms with E-state index in [1.165, 1.54) is 31.4 Å². The van der Waals surface area contributed by atoms with Crippen LogP contribution in [-0.4, -0.2) is 99.3 Å². The Labute approximate surface area is 213 Å². The molecule has 0 aromatic carbocycles. The highest BCUT2D eigenvalue weighted by Gasteiger charge is 2.43. The van der Waals surface area contributed by atoms with Crippen LogP contribution < -0.4 is 16.4 Å². The average Bonchev–Trinajstić information content (AvgIpc) is 3.48. The van der Waals surface area contributed by atoms with Crippen molar-refractivity contribution < 1.29 is 29.1 Å². The molecule has 13 heteroatoms. The first-order chi connectivity index (χ1) is 16.6. The fraction of sp³-hybridized carbons (Fsp3) is 0.773. The highest BCUT2D eigenvalue weighted by atomic mass is 33.1. The van der Waals surface area contributed by atoms with Gasteiger partial charge in [-0.2, -0.15) is 0 Å². The lowest BCUT2D eigenvalue weighted by molar-refractivity contribution is -0.147. The standard InChI is InChI=1S/C22H35N5O6S2/c1-12(2)9-14-18(28)25-15(22(32)33)11-35-34-10-13(23)20(30)27-8-4-6-17(27)21(31)26-7-3-5-16(26)19(29)24-14/h12-17H,3-11,23H2,1-2H3,(H,24,29)(H,25,28)(H,32,33)/t13-,14-,15-,16-,17-/m0/s1. The Balaban J connectivity index is 1.88. The number of carboxylic acid groups (broad SMARTS) is 1. The molecule has 3 aliphatic heterocycles. The fourth-order valence-electron chi connectivity index (χ4n) is 4.72. The molecule has 5 N–H and O–H groups in total. The summed E-state index contributed by atoms with van der Waals surface area (Å²) in [5, 5.41) is 14.9. The minimum atomic E-state index is -1.19. The molecule has 196 valence electrons. The first-order valence-corrected chi connectivity index (χ1v) is 14.5. The van der Waals surface area contributed by atoms with Crippen molar-refractivity contribution in [2.24, 2.45) is 11.7 Å².